The number of unbranched alkanes of at least 4 members (excludes halogenated alkanes) is 2. The van der Waals surface area contributed by atoms with E-state index < -0.39 is 27.9 Å². The summed E-state index contributed by atoms with van der Waals surface area (Å²) in [5.41, 5.74) is 5.12. The molecule has 0 aromatic heterocycles. The summed E-state index contributed by atoms with van der Waals surface area (Å²) in [5, 5.41) is 1.10. The molecule has 1 aliphatic carbocycles. The van der Waals surface area contributed by atoms with E-state index in [0.29, 0.717) is 34.9 Å². The van der Waals surface area contributed by atoms with Gasteiger partial charge in [0.25, 0.3) is 0 Å². The van der Waals surface area contributed by atoms with Gasteiger partial charge in [-0.2, -0.15) is 0 Å². The van der Waals surface area contributed by atoms with Crippen LogP contribution in [-0.4, -0.2) is 13.2 Å². The smallest absolute Gasteiger partial charge is 0.404 e. The van der Waals surface area contributed by atoms with Gasteiger partial charge in [-0.05, 0) is 98.5 Å². The van der Waals surface area contributed by atoms with Crippen LogP contribution in [0.2, 0.25) is 10.0 Å². The van der Waals surface area contributed by atoms with Crippen LogP contribution >= 0.6 is 38.8 Å². The Morgan fingerprint density at radius 2 is 1.39 bits per heavy atom. The van der Waals surface area contributed by atoms with Gasteiger partial charge in [-0.25, -0.2) is 9.13 Å². The normalized spacial score (nSPS) is 28.1. The van der Waals surface area contributed by atoms with Gasteiger partial charge < -0.3 is 9.05 Å². The zero-order chi connectivity index (χ0) is 36.2. The standard InChI is InChI=1S/C39H46Cl2O8P2/c1-5-6-7-10-28-22-37(48-50(42)44-19-17-35(46-50)29-11-8-13-31(40)24-29)39(34-21-27(4)15-16-33(34)26(2)3)38(23-28)49-51(43)45-20-18-36(47-51)30-12-9-14-32(41)25-30/h8-9,11-14,21-25,33-36H,2,5-7,10,15-20H2,1,3-4H3. The molecule has 2 heterocycles. The Hall–Kier alpha value is -2.38. The molecule has 0 bridgehead atoms. The first kappa shape index (κ1) is 38.3. The lowest BCUT2D eigenvalue weighted by Crippen LogP contribution is -2.21. The molecule has 0 amide bonds. The second-order valence-electron chi connectivity index (χ2n) is 13.6. The van der Waals surface area contributed by atoms with Crippen LogP contribution in [0.3, 0.4) is 0 Å². The lowest BCUT2D eigenvalue weighted by molar-refractivity contribution is 0.0502. The first-order chi connectivity index (χ1) is 24.4. The molecular formula is C39H46Cl2O8P2. The molecule has 0 saturated carbocycles. The van der Waals surface area contributed by atoms with Crippen molar-refractivity contribution in [3.63, 3.8) is 0 Å². The molecule has 6 rings (SSSR count). The Labute approximate surface area is 311 Å². The van der Waals surface area contributed by atoms with E-state index in [4.69, 9.17) is 50.3 Å². The summed E-state index contributed by atoms with van der Waals surface area (Å²) in [7, 11) is -8.36. The summed E-state index contributed by atoms with van der Waals surface area (Å²) in [6, 6.07) is 18.3. The number of hydrogen-bond acceptors (Lipinski definition) is 8. The summed E-state index contributed by atoms with van der Waals surface area (Å²) in [6.07, 6.45) is 7.34. The highest BCUT2D eigenvalue weighted by molar-refractivity contribution is 7.49. The highest BCUT2D eigenvalue weighted by atomic mass is 35.5. The van der Waals surface area contributed by atoms with E-state index in [1.807, 2.05) is 43.3 Å². The number of phosphoric ester groups is 2. The largest absolute Gasteiger partial charge is 0.530 e. The third-order valence-electron chi connectivity index (χ3n) is 9.58. The Bertz CT molecular complexity index is 1760. The molecule has 3 aromatic rings. The molecule has 274 valence electrons. The van der Waals surface area contributed by atoms with Gasteiger partial charge in [-0.1, -0.05) is 91.0 Å². The molecule has 0 spiro atoms. The number of aryl methyl sites for hydroxylation is 1. The Morgan fingerprint density at radius 1 is 0.843 bits per heavy atom. The molecular weight excluding hydrogens is 729 g/mol. The van der Waals surface area contributed by atoms with Gasteiger partial charge in [-0.15, -0.1) is 0 Å². The number of halogens is 2. The number of phosphoric acid groups is 2. The van der Waals surface area contributed by atoms with Crippen molar-refractivity contribution in [2.75, 3.05) is 13.2 Å². The molecule has 3 aromatic carbocycles. The Kier molecular flexibility index (Phi) is 12.6. The van der Waals surface area contributed by atoms with Gasteiger partial charge in [0.15, 0.2) is 0 Å². The number of hydrogen-bond donors (Lipinski definition) is 0. The van der Waals surface area contributed by atoms with Crippen molar-refractivity contribution in [3.8, 4) is 11.5 Å². The van der Waals surface area contributed by atoms with Crippen molar-refractivity contribution in [1.29, 1.82) is 0 Å². The maximum Gasteiger partial charge on any atom is 0.530 e. The zero-order valence-corrected chi connectivity index (χ0v) is 32.7. The second-order valence-corrected chi connectivity index (χ2v) is 17.6. The van der Waals surface area contributed by atoms with E-state index in [0.717, 1.165) is 54.4 Å². The number of rotatable bonds is 12. The van der Waals surface area contributed by atoms with Gasteiger partial charge in [0.1, 0.15) is 11.5 Å². The minimum atomic E-state index is -4.18. The van der Waals surface area contributed by atoms with Crippen LogP contribution in [-0.2, 0) is 33.6 Å². The average Bonchev–Trinajstić information content (AvgIpc) is 3.08. The zero-order valence-electron chi connectivity index (χ0n) is 29.4. The molecule has 8 nitrogen and oxygen atoms in total. The first-order valence-corrected chi connectivity index (χ1v) is 21.4. The molecule has 2 fully saturated rings. The summed E-state index contributed by atoms with van der Waals surface area (Å²) >= 11 is 12.6. The topological polar surface area (TPSA) is 89.5 Å². The fourth-order valence-corrected chi connectivity index (χ4v) is 10.2. The first-order valence-electron chi connectivity index (χ1n) is 17.7. The van der Waals surface area contributed by atoms with Crippen LogP contribution < -0.4 is 9.05 Å². The molecule has 2 saturated heterocycles. The second kappa shape index (κ2) is 16.7. The minimum Gasteiger partial charge on any atom is -0.404 e. The van der Waals surface area contributed by atoms with Crippen molar-refractivity contribution in [2.24, 2.45) is 5.92 Å². The van der Waals surface area contributed by atoms with E-state index in [9.17, 15) is 9.13 Å². The molecule has 6 atom stereocenters. The Morgan fingerprint density at radius 3 is 1.88 bits per heavy atom. The lowest BCUT2D eigenvalue weighted by atomic mass is 9.73. The maximum atomic E-state index is 14.5. The monoisotopic (exact) mass is 774 g/mol. The highest BCUT2D eigenvalue weighted by Crippen LogP contribution is 2.62. The predicted molar refractivity (Wildman–Crippen MR) is 202 cm³/mol. The van der Waals surface area contributed by atoms with Crippen LogP contribution in [0.1, 0.15) is 106 Å². The van der Waals surface area contributed by atoms with Gasteiger partial charge in [-0.3, -0.25) is 18.1 Å². The highest BCUT2D eigenvalue weighted by Gasteiger charge is 2.43. The van der Waals surface area contributed by atoms with Gasteiger partial charge >= 0.3 is 15.6 Å². The van der Waals surface area contributed by atoms with E-state index in [1.54, 1.807) is 24.3 Å². The summed E-state index contributed by atoms with van der Waals surface area (Å²) in [6.45, 7) is 10.9. The quantitative estimate of drug-likeness (QED) is 0.102. The van der Waals surface area contributed by atoms with Crippen LogP contribution in [0.25, 0.3) is 0 Å². The van der Waals surface area contributed by atoms with E-state index in [-0.39, 0.29) is 36.5 Å². The molecule has 6 unspecified atom stereocenters. The van der Waals surface area contributed by atoms with Crippen molar-refractivity contribution in [1.82, 2.24) is 0 Å². The molecule has 0 N–H and O–H groups in total. The van der Waals surface area contributed by atoms with Crippen LogP contribution in [0, 0.1) is 5.92 Å². The van der Waals surface area contributed by atoms with Crippen LogP contribution in [0.15, 0.2) is 84.5 Å². The van der Waals surface area contributed by atoms with Crippen molar-refractivity contribution in [2.45, 2.75) is 90.3 Å². The molecule has 51 heavy (non-hydrogen) atoms. The van der Waals surface area contributed by atoms with Gasteiger partial charge in [0, 0.05) is 34.4 Å². The van der Waals surface area contributed by atoms with Gasteiger partial charge in [0.2, 0.25) is 0 Å². The summed E-state index contributed by atoms with van der Waals surface area (Å²) in [5.74, 6) is 0.217. The lowest BCUT2D eigenvalue weighted by Gasteiger charge is -2.35. The molecule has 0 radical (unpaired) electrons. The van der Waals surface area contributed by atoms with Crippen molar-refractivity contribution < 1.29 is 36.3 Å². The number of allylic oxidation sites excluding steroid dienone is 3. The molecule has 2 aliphatic heterocycles. The third-order valence-corrected chi connectivity index (χ3v) is 12.9. The summed E-state index contributed by atoms with van der Waals surface area (Å²) in [4.78, 5) is 0. The summed E-state index contributed by atoms with van der Waals surface area (Å²) < 4.78 is 65.7. The fraction of sp³-hybridized carbons (Fsp3) is 0.436. The van der Waals surface area contributed by atoms with Gasteiger partial charge in [0.05, 0.1) is 25.4 Å². The average molecular weight is 776 g/mol. The maximum absolute atomic E-state index is 14.5. The van der Waals surface area contributed by atoms with Crippen molar-refractivity contribution in [3.05, 3.63) is 117 Å². The van der Waals surface area contributed by atoms with Crippen LogP contribution in [0.5, 0.6) is 11.5 Å². The Balaban J connectivity index is 1.44. The predicted octanol–water partition coefficient (Wildman–Crippen LogP) is 13.1. The van der Waals surface area contributed by atoms with Crippen LogP contribution in [0.4, 0.5) is 0 Å². The van der Waals surface area contributed by atoms with E-state index in [2.05, 4.69) is 26.5 Å². The van der Waals surface area contributed by atoms with E-state index in [1.165, 1.54) is 5.57 Å². The fourth-order valence-electron chi connectivity index (χ4n) is 6.99. The minimum absolute atomic E-state index is 0.00832. The SMILES string of the molecule is C=C(C)C1CCC(C)=CC1c1c(OP2(=O)OCCC(c3cccc(Cl)c3)O2)cc(CCCCC)cc1OP1(=O)OCCC(c2cccc(Cl)c2)O1. The van der Waals surface area contributed by atoms with Crippen molar-refractivity contribution >= 4 is 38.8 Å². The molecule has 12 heteroatoms. The molecule has 3 aliphatic rings. The van der Waals surface area contributed by atoms with E-state index >= 15 is 0 Å². The third kappa shape index (κ3) is 9.60. The number of benzene rings is 3.